The number of carbonyl (C=O) groups is 1. The van der Waals surface area contributed by atoms with Crippen molar-refractivity contribution in [3.8, 4) is 5.88 Å². The maximum atomic E-state index is 13.1. The predicted molar refractivity (Wildman–Crippen MR) is 133 cm³/mol. The molecule has 0 unspecified atom stereocenters. The molecule has 2 aromatic rings. The van der Waals surface area contributed by atoms with Crippen molar-refractivity contribution in [2.75, 3.05) is 38.7 Å². The van der Waals surface area contributed by atoms with Crippen molar-refractivity contribution in [1.82, 2.24) is 24.8 Å². The molecule has 38 heavy (non-hydrogen) atoms. The van der Waals surface area contributed by atoms with Crippen molar-refractivity contribution in [3.63, 3.8) is 0 Å². The number of hydrogen-bond acceptors (Lipinski definition) is 13. The third kappa shape index (κ3) is 5.78. The average molecular weight is 559 g/mol. The maximum Gasteiger partial charge on any atom is 0.475 e. The molecule has 15 nitrogen and oxygen atoms in total. The lowest BCUT2D eigenvalue weighted by Crippen LogP contribution is -2.45. The number of nitrogens with zero attached hydrogens (tertiary/aromatic N) is 4. The normalized spacial score (nSPS) is 28.3. The van der Waals surface area contributed by atoms with Crippen molar-refractivity contribution in [2.24, 2.45) is 11.3 Å². The molecule has 1 amide bonds. The van der Waals surface area contributed by atoms with Gasteiger partial charge in [0.1, 0.15) is 24.5 Å². The smallest absolute Gasteiger partial charge is 0.475 e. The van der Waals surface area contributed by atoms with Gasteiger partial charge >= 0.3 is 7.82 Å². The molecule has 5 N–H and O–H groups in total. The monoisotopic (exact) mass is 558 g/mol. The number of rotatable bonds is 11. The molecular weight excluding hydrogens is 523 g/mol. The fraction of sp³-hybridized carbons (Fsp3) is 0.727. The highest BCUT2D eigenvalue weighted by Gasteiger charge is 2.52. The van der Waals surface area contributed by atoms with E-state index in [1.807, 2.05) is 13.8 Å². The lowest BCUT2D eigenvalue weighted by atomic mass is 9.87. The largest absolute Gasteiger partial charge is 0.476 e. The second-order valence-corrected chi connectivity index (χ2v) is 11.5. The number of fused-ring (bicyclic) bond motifs is 2. The van der Waals surface area contributed by atoms with Gasteiger partial charge in [0.05, 0.1) is 32.8 Å². The van der Waals surface area contributed by atoms with Gasteiger partial charge in [-0.2, -0.15) is 9.97 Å². The van der Waals surface area contributed by atoms with Gasteiger partial charge in [-0.1, -0.05) is 20.8 Å². The number of ether oxygens (including phenoxy) is 2. The van der Waals surface area contributed by atoms with Crippen LogP contribution in [0.25, 0.3) is 11.2 Å². The summed E-state index contributed by atoms with van der Waals surface area (Å²) in [7, 11) is -3.88. The van der Waals surface area contributed by atoms with Crippen LogP contribution in [0, 0.1) is 11.3 Å². The van der Waals surface area contributed by atoms with Gasteiger partial charge < -0.3 is 30.7 Å². The van der Waals surface area contributed by atoms with E-state index in [0.29, 0.717) is 24.2 Å². The van der Waals surface area contributed by atoms with E-state index in [1.54, 1.807) is 24.7 Å². The average Bonchev–Trinajstić information content (AvgIpc) is 3.43. The summed E-state index contributed by atoms with van der Waals surface area (Å²) in [5, 5.41) is 21.9. The molecule has 0 aliphatic carbocycles. The lowest BCUT2D eigenvalue weighted by molar-refractivity contribution is -0.137. The minimum Gasteiger partial charge on any atom is -0.476 e. The zero-order chi connectivity index (χ0) is 27.7. The minimum absolute atomic E-state index is 0.00406. The number of carbonyl (C=O) groups excluding carboxylic acids is 1. The molecule has 6 atom stereocenters. The number of phosphoric acid groups is 1. The number of amides is 1. The maximum absolute atomic E-state index is 13.1. The van der Waals surface area contributed by atoms with Gasteiger partial charge in [0.2, 0.25) is 17.7 Å². The third-order valence-corrected chi connectivity index (χ3v) is 7.99. The molecule has 2 saturated heterocycles. The van der Waals surface area contributed by atoms with E-state index < -0.39 is 43.7 Å². The summed E-state index contributed by atoms with van der Waals surface area (Å²) in [5.74, 6) is -0.581. The molecule has 2 aromatic heterocycles. The van der Waals surface area contributed by atoms with Crippen LogP contribution in [0.15, 0.2) is 6.33 Å². The van der Waals surface area contributed by atoms with E-state index in [1.165, 1.54) is 0 Å². The molecule has 212 valence electrons. The van der Waals surface area contributed by atoms with Crippen LogP contribution in [0.4, 0.5) is 5.95 Å². The number of nitrogen functional groups attached to an aromatic ring is 1. The Labute approximate surface area is 219 Å². The van der Waals surface area contributed by atoms with Crippen LogP contribution in [-0.4, -0.2) is 86.9 Å². The van der Waals surface area contributed by atoms with Crippen LogP contribution < -0.4 is 15.8 Å². The highest BCUT2D eigenvalue weighted by atomic mass is 31.2. The number of phosphoric ester groups is 1. The highest BCUT2D eigenvalue weighted by Crippen LogP contribution is 2.58. The molecule has 2 aliphatic rings. The molecule has 4 rings (SSSR count). The number of hydrogen-bond donors (Lipinski definition) is 4. The van der Waals surface area contributed by atoms with Crippen molar-refractivity contribution < 1.29 is 42.6 Å². The Morgan fingerprint density at radius 1 is 1.42 bits per heavy atom. The quantitative estimate of drug-likeness (QED) is 0.223. The van der Waals surface area contributed by atoms with Crippen molar-refractivity contribution in [3.05, 3.63) is 6.33 Å². The van der Waals surface area contributed by atoms with Crippen LogP contribution >= 0.6 is 7.82 Å². The van der Waals surface area contributed by atoms with Gasteiger partial charge in [0, 0.05) is 17.9 Å². The summed E-state index contributed by atoms with van der Waals surface area (Å²) >= 11 is 0. The summed E-state index contributed by atoms with van der Waals surface area (Å²) < 4.78 is 43.1. The fourth-order valence-corrected chi connectivity index (χ4v) is 5.74. The molecule has 4 heterocycles. The summed E-state index contributed by atoms with van der Waals surface area (Å²) in [6.45, 7) is 7.04. The second kappa shape index (κ2) is 11.4. The number of aliphatic hydroxyl groups excluding tert-OH is 2. The molecule has 0 spiro atoms. The number of imidazole rings is 1. The van der Waals surface area contributed by atoms with Crippen LogP contribution in [0.2, 0.25) is 0 Å². The Hall–Kier alpha value is -2.39. The van der Waals surface area contributed by atoms with Gasteiger partial charge in [-0.25, -0.2) is 9.55 Å². The van der Waals surface area contributed by atoms with Gasteiger partial charge in [0.25, 0.3) is 0 Å². The van der Waals surface area contributed by atoms with E-state index in [-0.39, 0.29) is 44.1 Å². The zero-order valence-corrected chi connectivity index (χ0v) is 22.7. The predicted octanol–water partition coefficient (Wildman–Crippen LogP) is 0.767. The van der Waals surface area contributed by atoms with E-state index in [0.717, 1.165) is 0 Å². The van der Waals surface area contributed by atoms with Crippen molar-refractivity contribution in [2.45, 2.75) is 58.7 Å². The number of aromatic nitrogens is 4. The number of nitrogens with one attached hydrogen (secondary N) is 1. The second-order valence-electron chi connectivity index (χ2n) is 9.91. The molecular formula is C22H35N6O9P. The molecule has 0 radical (unpaired) electrons. The first-order chi connectivity index (χ1) is 18.0. The van der Waals surface area contributed by atoms with Crippen LogP contribution in [0.1, 0.15) is 40.3 Å². The molecule has 16 heteroatoms. The van der Waals surface area contributed by atoms with Crippen molar-refractivity contribution in [1.29, 1.82) is 0 Å². The molecule has 0 bridgehead atoms. The van der Waals surface area contributed by atoms with Crippen LogP contribution in [0.5, 0.6) is 5.88 Å². The number of anilines is 1. The van der Waals surface area contributed by atoms with E-state index >= 15 is 0 Å². The van der Waals surface area contributed by atoms with Crippen LogP contribution in [0.3, 0.4) is 0 Å². The van der Waals surface area contributed by atoms with Gasteiger partial charge in [-0.3, -0.25) is 22.9 Å². The topological polar surface area (TPSA) is 202 Å². The number of nitrogens with two attached hydrogens (primary N) is 1. The van der Waals surface area contributed by atoms with Gasteiger partial charge in [0.15, 0.2) is 11.2 Å². The van der Waals surface area contributed by atoms with Crippen molar-refractivity contribution >= 4 is 30.8 Å². The van der Waals surface area contributed by atoms with Gasteiger partial charge in [-0.15, -0.1) is 0 Å². The Bertz CT molecular complexity index is 1190. The molecule has 2 fully saturated rings. The highest BCUT2D eigenvalue weighted by molar-refractivity contribution is 7.48. The summed E-state index contributed by atoms with van der Waals surface area (Å²) in [5.41, 5.74) is 5.77. The van der Waals surface area contributed by atoms with E-state index in [2.05, 4.69) is 20.3 Å². The number of aliphatic hydroxyl groups is 2. The standard InChI is InChI=1S/C22H35N6O9P/c1-5-33-19-14-17(26-21(23)27-19)28(11-25-14)20-12(2)15-13(36-20)9-35-38(32,37-15)34-8-6-7-24-18(31)16(30)22(3,4)10-29/h11-13,15-16,20,29-30H,5-10H2,1-4H3,(H,24,31)(H2,23,26,27)/t12-,13+,15-,16+,20+,38-/m0/s1. The summed E-state index contributed by atoms with van der Waals surface area (Å²) in [6.07, 6.45) is -1.16. The first-order valence-electron chi connectivity index (χ1n) is 12.4. The first-order valence-corrected chi connectivity index (χ1v) is 13.9. The van der Waals surface area contributed by atoms with E-state index in [4.69, 9.17) is 28.8 Å². The Morgan fingerprint density at radius 3 is 2.89 bits per heavy atom. The molecule has 0 aromatic carbocycles. The SMILES string of the molecule is CCOc1nc(N)nc2c1ncn2[C@@H]1O[C@@H]2CO[P@](=O)(OCCCNC(=O)[C@@H](O)C(C)(C)CO)O[C@H]2[C@@H]1C. The molecule has 0 saturated carbocycles. The Balaban J connectivity index is 1.34. The fourth-order valence-electron chi connectivity index (χ4n) is 4.24. The summed E-state index contributed by atoms with van der Waals surface area (Å²) in [4.78, 5) is 24.8. The summed E-state index contributed by atoms with van der Waals surface area (Å²) in [6, 6.07) is 0. The van der Waals surface area contributed by atoms with E-state index in [9.17, 15) is 19.6 Å². The minimum atomic E-state index is -3.88. The molecule has 2 aliphatic heterocycles. The van der Waals surface area contributed by atoms with Gasteiger partial charge in [-0.05, 0) is 13.3 Å². The third-order valence-electron chi connectivity index (χ3n) is 6.52. The van der Waals surface area contributed by atoms with Crippen LogP contribution in [-0.2, 0) is 27.7 Å². The Kier molecular flexibility index (Phi) is 8.57. The lowest BCUT2D eigenvalue weighted by Gasteiger charge is -2.31. The zero-order valence-electron chi connectivity index (χ0n) is 21.8. The first kappa shape index (κ1) is 28.6. The Morgan fingerprint density at radius 2 is 2.18 bits per heavy atom.